The zero-order chi connectivity index (χ0) is 13.1. The van der Waals surface area contributed by atoms with Crippen molar-refractivity contribution in [1.29, 1.82) is 0 Å². The van der Waals surface area contributed by atoms with E-state index in [-0.39, 0.29) is 17.5 Å². The molecular weight excluding hydrogens is 234 g/mol. The zero-order valence-corrected chi connectivity index (χ0v) is 10.1. The van der Waals surface area contributed by atoms with Crippen molar-refractivity contribution in [3.63, 3.8) is 0 Å². The van der Waals surface area contributed by atoms with Gasteiger partial charge in [-0.05, 0) is 13.8 Å². The summed E-state index contributed by atoms with van der Waals surface area (Å²) in [6, 6.07) is 1.30. The Morgan fingerprint density at radius 3 is 2.89 bits per heavy atom. The van der Waals surface area contributed by atoms with E-state index < -0.39 is 5.91 Å². The molecular formula is C12H13N3O3. The summed E-state index contributed by atoms with van der Waals surface area (Å²) in [7, 11) is 0. The third kappa shape index (κ3) is 2.48. The number of rotatable bonds is 3. The van der Waals surface area contributed by atoms with E-state index in [0.717, 1.165) is 11.5 Å². The second-order valence-corrected chi connectivity index (χ2v) is 3.85. The van der Waals surface area contributed by atoms with Crippen molar-refractivity contribution in [2.75, 3.05) is 0 Å². The Labute approximate surface area is 103 Å². The molecule has 2 N–H and O–H groups in total. The predicted octanol–water partition coefficient (Wildman–Crippen LogP) is 0.910. The summed E-state index contributed by atoms with van der Waals surface area (Å²) < 4.78 is 5.32. The monoisotopic (exact) mass is 247 g/mol. The quantitative estimate of drug-likeness (QED) is 0.843. The first-order chi connectivity index (χ1) is 8.58. The van der Waals surface area contributed by atoms with Gasteiger partial charge >= 0.3 is 0 Å². The molecule has 0 aromatic carbocycles. The predicted molar refractivity (Wildman–Crippen MR) is 64.2 cm³/mol. The molecule has 2 aromatic rings. The Bertz CT molecular complexity index is 608. The van der Waals surface area contributed by atoms with Gasteiger partial charge in [-0.3, -0.25) is 9.59 Å². The number of hydrogen-bond donors (Lipinski definition) is 2. The van der Waals surface area contributed by atoms with Gasteiger partial charge in [0.25, 0.3) is 5.91 Å². The molecule has 0 unspecified atom stereocenters. The number of carbonyl (C=O) groups excluding carboxylic acids is 1. The second kappa shape index (κ2) is 4.87. The fraction of sp³-hybridized carbons (Fsp3) is 0.250. The largest absolute Gasteiger partial charge is 0.444 e. The summed E-state index contributed by atoms with van der Waals surface area (Å²) in [6.07, 6.45) is 2.84. The number of carbonyl (C=O) groups is 1. The molecule has 6 nitrogen and oxygen atoms in total. The number of nitrogens with zero attached hydrogens (tertiary/aromatic N) is 1. The number of aromatic nitrogens is 2. The van der Waals surface area contributed by atoms with Crippen LogP contribution in [-0.4, -0.2) is 15.9 Å². The van der Waals surface area contributed by atoms with Gasteiger partial charge in [0.05, 0.1) is 12.2 Å². The van der Waals surface area contributed by atoms with Crippen molar-refractivity contribution < 1.29 is 9.21 Å². The molecule has 0 aliphatic carbocycles. The van der Waals surface area contributed by atoms with E-state index in [4.69, 9.17) is 4.42 Å². The summed E-state index contributed by atoms with van der Waals surface area (Å²) in [4.78, 5) is 30.0. The van der Waals surface area contributed by atoms with Crippen LogP contribution in [0.5, 0.6) is 0 Å². The topological polar surface area (TPSA) is 88.0 Å². The molecule has 2 heterocycles. The summed E-state index contributed by atoms with van der Waals surface area (Å²) in [5, 5.41) is 2.58. The van der Waals surface area contributed by atoms with Gasteiger partial charge < -0.3 is 14.7 Å². The first-order valence-electron chi connectivity index (χ1n) is 5.46. The maximum atomic E-state index is 11.7. The minimum Gasteiger partial charge on any atom is -0.444 e. The normalized spacial score (nSPS) is 10.3. The van der Waals surface area contributed by atoms with Gasteiger partial charge in [0.2, 0.25) is 5.89 Å². The van der Waals surface area contributed by atoms with Crippen LogP contribution in [-0.2, 0) is 6.54 Å². The van der Waals surface area contributed by atoms with Gasteiger partial charge in [-0.2, -0.15) is 0 Å². The first kappa shape index (κ1) is 12.1. The van der Waals surface area contributed by atoms with Crippen LogP contribution in [0.3, 0.4) is 0 Å². The molecule has 6 heteroatoms. The Balaban J connectivity index is 2.05. The van der Waals surface area contributed by atoms with Crippen molar-refractivity contribution >= 4 is 5.91 Å². The lowest BCUT2D eigenvalue weighted by molar-refractivity contribution is 0.0945. The van der Waals surface area contributed by atoms with E-state index >= 15 is 0 Å². The SMILES string of the molecule is Cc1nc(CNC(=O)c2c[nH]ccc2=O)oc1C. The molecule has 0 saturated heterocycles. The molecule has 0 aliphatic rings. The number of pyridine rings is 1. The molecule has 2 rings (SSSR count). The fourth-order valence-electron chi connectivity index (χ4n) is 1.46. The Kier molecular flexibility index (Phi) is 3.27. The van der Waals surface area contributed by atoms with Gasteiger partial charge in [-0.25, -0.2) is 4.98 Å². The molecule has 0 radical (unpaired) electrons. The number of aromatic amines is 1. The third-order valence-corrected chi connectivity index (χ3v) is 2.54. The standard InChI is InChI=1S/C12H13N3O3/c1-7-8(2)18-11(15-7)6-14-12(17)9-5-13-4-3-10(9)16/h3-5H,6H2,1-2H3,(H,13,16)(H,14,17). The van der Waals surface area contributed by atoms with Crippen molar-refractivity contribution in [3.8, 4) is 0 Å². The number of hydrogen-bond acceptors (Lipinski definition) is 4. The average molecular weight is 247 g/mol. The Morgan fingerprint density at radius 2 is 2.28 bits per heavy atom. The highest BCUT2D eigenvalue weighted by atomic mass is 16.4. The molecule has 1 amide bonds. The van der Waals surface area contributed by atoms with Gasteiger partial charge in [-0.1, -0.05) is 0 Å². The second-order valence-electron chi connectivity index (χ2n) is 3.85. The third-order valence-electron chi connectivity index (χ3n) is 2.54. The minimum absolute atomic E-state index is 0.0671. The molecule has 2 aromatic heterocycles. The van der Waals surface area contributed by atoms with Crippen molar-refractivity contribution in [2.45, 2.75) is 20.4 Å². The van der Waals surface area contributed by atoms with E-state index in [1.165, 1.54) is 18.5 Å². The molecule has 0 atom stereocenters. The molecule has 0 spiro atoms. The van der Waals surface area contributed by atoms with Crippen LogP contribution in [0.2, 0.25) is 0 Å². The number of amides is 1. The summed E-state index contributed by atoms with van der Waals surface area (Å²) in [5.41, 5.74) is 0.528. The lowest BCUT2D eigenvalue weighted by Gasteiger charge is -2.01. The molecule has 0 fully saturated rings. The average Bonchev–Trinajstić information content (AvgIpc) is 2.66. The highest BCUT2D eigenvalue weighted by Gasteiger charge is 2.11. The van der Waals surface area contributed by atoms with E-state index in [0.29, 0.717) is 5.89 Å². The van der Waals surface area contributed by atoms with Crippen LogP contribution in [0.25, 0.3) is 0 Å². The number of oxazole rings is 1. The highest BCUT2D eigenvalue weighted by molar-refractivity contribution is 5.93. The number of aryl methyl sites for hydroxylation is 2. The van der Waals surface area contributed by atoms with Crippen molar-refractivity contribution in [3.05, 3.63) is 51.6 Å². The molecule has 18 heavy (non-hydrogen) atoms. The molecule has 94 valence electrons. The van der Waals surface area contributed by atoms with E-state index in [1.807, 2.05) is 6.92 Å². The first-order valence-corrected chi connectivity index (χ1v) is 5.46. The van der Waals surface area contributed by atoms with Gasteiger partial charge in [0, 0.05) is 18.5 Å². The van der Waals surface area contributed by atoms with Crippen LogP contribution in [0.15, 0.2) is 27.7 Å². The maximum Gasteiger partial charge on any atom is 0.257 e. The molecule has 0 bridgehead atoms. The summed E-state index contributed by atoms with van der Waals surface area (Å²) >= 11 is 0. The van der Waals surface area contributed by atoms with Crippen LogP contribution in [0, 0.1) is 13.8 Å². The van der Waals surface area contributed by atoms with Crippen molar-refractivity contribution in [2.24, 2.45) is 0 Å². The summed E-state index contributed by atoms with van der Waals surface area (Å²) in [5.74, 6) is 0.688. The number of H-pyrrole nitrogens is 1. The lowest BCUT2D eigenvalue weighted by Crippen LogP contribution is -2.28. The van der Waals surface area contributed by atoms with Gasteiger partial charge in [0.15, 0.2) is 5.43 Å². The smallest absolute Gasteiger partial charge is 0.257 e. The molecule has 0 aliphatic heterocycles. The maximum absolute atomic E-state index is 11.7. The minimum atomic E-state index is -0.453. The van der Waals surface area contributed by atoms with Crippen LogP contribution >= 0.6 is 0 Å². The summed E-state index contributed by atoms with van der Waals surface area (Å²) in [6.45, 7) is 3.78. The van der Waals surface area contributed by atoms with Gasteiger partial charge in [-0.15, -0.1) is 0 Å². The Morgan fingerprint density at radius 1 is 1.50 bits per heavy atom. The Hall–Kier alpha value is -2.37. The lowest BCUT2D eigenvalue weighted by atomic mass is 10.2. The van der Waals surface area contributed by atoms with Crippen LogP contribution in [0.1, 0.15) is 27.7 Å². The van der Waals surface area contributed by atoms with E-state index in [2.05, 4.69) is 15.3 Å². The van der Waals surface area contributed by atoms with E-state index in [1.54, 1.807) is 6.92 Å². The number of nitrogens with one attached hydrogen (secondary N) is 2. The molecule has 0 saturated carbocycles. The fourth-order valence-corrected chi connectivity index (χ4v) is 1.46. The van der Waals surface area contributed by atoms with Crippen molar-refractivity contribution in [1.82, 2.24) is 15.3 Å². The highest BCUT2D eigenvalue weighted by Crippen LogP contribution is 2.07. The van der Waals surface area contributed by atoms with Crippen LogP contribution in [0.4, 0.5) is 0 Å². The zero-order valence-electron chi connectivity index (χ0n) is 10.1. The van der Waals surface area contributed by atoms with Crippen LogP contribution < -0.4 is 10.7 Å². The van der Waals surface area contributed by atoms with E-state index in [9.17, 15) is 9.59 Å². The van der Waals surface area contributed by atoms with Gasteiger partial charge in [0.1, 0.15) is 11.3 Å².